The second-order valence-electron chi connectivity index (χ2n) is 3.78. The summed E-state index contributed by atoms with van der Waals surface area (Å²) in [4.78, 5) is 6.40. The molecule has 1 aromatic rings. The number of hydrogen-bond donors (Lipinski definition) is 1. The van der Waals surface area contributed by atoms with Crippen LogP contribution < -0.4 is 4.90 Å². The molecule has 1 aliphatic heterocycles. The lowest BCUT2D eigenvalue weighted by Gasteiger charge is -2.21. The van der Waals surface area contributed by atoms with Crippen molar-refractivity contribution in [2.24, 2.45) is 0 Å². The molecule has 0 bridgehead atoms. The molecule has 3 heteroatoms. The third-order valence-electron chi connectivity index (χ3n) is 2.71. The van der Waals surface area contributed by atoms with Crippen molar-refractivity contribution < 1.29 is 5.11 Å². The highest BCUT2D eigenvalue weighted by atomic mass is 16.3. The Kier molecular flexibility index (Phi) is 2.99. The summed E-state index contributed by atoms with van der Waals surface area (Å²) in [7, 11) is 0. The lowest BCUT2D eigenvalue weighted by Crippen LogP contribution is -2.24. The summed E-state index contributed by atoms with van der Waals surface area (Å²) in [6.07, 6.45) is 6.42. The van der Waals surface area contributed by atoms with Gasteiger partial charge in [0.05, 0.1) is 18.0 Å². The van der Waals surface area contributed by atoms with E-state index in [1.807, 2.05) is 12.3 Å². The maximum absolute atomic E-state index is 9.51. The maximum atomic E-state index is 9.51. The molecular weight excluding hydrogens is 176 g/mol. The zero-order valence-electron chi connectivity index (χ0n) is 8.26. The van der Waals surface area contributed by atoms with Crippen LogP contribution in [0.25, 0.3) is 0 Å². The van der Waals surface area contributed by atoms with E-state index in [0.29, 0.717) is 0 Å². The van der Waals surface area contributed by atoms with E-state index in [-0.39, 0.29) is 6.10 Å². The van der Waals surface area contributed by atoms with Crippen LogP contribution in [0.2, 0.25) is 0 Å². The molecule has 0 amide bonds. The van der Waals surface area contributed by atoms with Crippen LogP contribution in [-0.2, 0) is 0 Å². The molecule has 0 radical (unpaired) electrons. The first kappa shape index (κ1) is 9.46. The second kappa shape index (κ2) is 4.42. The summed E-state index contributed by atoms with van der Waals surface area (Å²) in [6.45, 7) is 1.97. The first-order chi connectivity index (χ1) is 6.86. The van der Waals surface area contributed by atoms with Gasteiger partial charge in [0.2, 0.25) is 0 Å². The average Bonchev–Trinajstić information content (AvgIpc) is 2.44. The lowest BCUT2D eigenvalue weighted by atomic mass is 10.2. The Morgan fingerprint density at radius 1 is 1.36 bits per heavy atom. The lowest BCUT2D eigenvalue weighted by molar-refractivity contribution is 0.161. The monoisotopic (exact) mass is 192 g/mol. The minimum Gasteiger partial charge on any atom is -0.393 e. The Morgan fingerprint density at radius 2 is 2.29 bits per heavy atom. The smallest absolute Gasteiger partial charge is 0.0557 e. The van der Waals surface area contributed by atoms with Crippen molar-refractivity contribution in [2.75, 3.05) is 18.0 Å². The van der Waals surface area contributed by atoms with Crippen LogP contribution in [0.3, 0.4) is 0 Å². The molecule has 1 aromatic heterocycles. The van der Waals surface area contributed by atoms with Gasteiger partial charge in [0.1, 0.15) is 0 Å². The van der Waals surface area contributed by atoms with E-state index in [1.165, 1.54) is 5.69 Å². The highest BCUT2D eigenvalue weighted by molar-refractivity contribution is 5.43. The third-order valence-corrected chi connectivity index (χ3v) is 2.71. The number of aromatic nitrogens is 1. The molecule has 3 nitrogen and oxygen atoms in total. The van der Waals surface area contributed by atoms with Crippen molar-refractivity contribution in [3.63, 3.8) is 0 Å². The SMILES string of the molecule is OC1CCCN(c2cccnc2)CC1. The molecule has 0 aliphatic carbocycles. The number of hydrogen-bond acceptors (Lipinski definition) is 3. The van der Waals surface area contributed by atoms with Crippen LogP contribution in [0.5, 0.6) is 0 Å². The van der Waals surface area contributed by atoms with Gasteiger partial charge in [-0.3, -0.25) is 4.98 Å². The fraction of sp³-hybridized carbons (Fsp3) is 0.545. The van der Waals surface area contributed by atoms with Crippen LogP contribution in [-0.4, -0.2) is 29.3 Å². The van der Waals surface area contributed by atoms with Gasteiger partial charge in [-0.2, -0.15) is 0 Å². The predicted octanol–water partition coefficient (Wildman–Crippen LogP) is 1.43. The molecule has 14 heavy (non-hydrogen) atoms. The first-order valence-corrected chi connectivity index (χ1v) is 5.19. The zero-order chi connectivity index (χ0) is 9.80. The number of anilines is 1. The Bertz CT molecular complexity index is 276. The number of pyridine rings is 1. The molecule has 1 N–H and O–H groups in total. The van der Waals surface area contributed by atoms with Gasteiger partial charge in [-0.25, -0.2) is 0 Å². The molecule has 0 spiro atoms. The van der Waals surface area contributed by atoms with Crippen molar-refractivity contribution in [3.8, 4) is 0 Å². The summed E-state index contributed by atoms with van der Waals surface area (Å²) in [6, 6.07) is 4.03. The summed E-state index contributed by atoms with van der Waals surface area (Å²) in [5.41, 5.74) is 1.17. The molecule has 1 fully saturated rings. The molecule has 1 unspecified atom stereocenters. The molecule has 1 aliphatic rings. The standard InChI is InChI=1S/C11H16N2O/c14-11-4-2-7-13(8-5-11)10-3-1-6-12-9-10/h1,3,6,9,11,14H,2,4-5,7-8H2. The van der Waals surface area contributed by atoms with Gasteiger partial charge in [0.15, 0.2) is 0 Å². The number of aliphatic hydroxyl groups is 1. The minimum absolute atomic E-state index is 0.114. The Morgan fingerprint density at radius 3 is 3.07 bits per heavy atom. The highest BCUT2D eigenvalue weighted by Gasteiger charge is 2.14. The number of aliphatic hydroxyl groups excluding tert-OH is 1. The van der Waals surface area contributed by atoms with Crippen molar-refractivity contribution in [1.29, 1.82) is 0 Å². The van der Waals surface area contributed by atoms with E-state index < -0.39 is 0 Å². The first-order valence-electron chi connectivity index (χ1n) is 5.19. The van der Waals surface area contributed by atoms with Gasteiger partial charge < -0.3 is 10.0 Å². The van der Waals surface area contributed by atoms with Gasteiger partial charge >= 0.3 is 0 Å². The minimum atomic E-state index is -0.114. The van der Waals surface area contributed by atoms with E-state index in [2.05, 4.69) is 16.0 Å². The quantitative estimate of drug-likeness (QED) is 0.731. The van der Waals surface area contributed by atoms with Crippen molar-refractivity contribution in [1.82, 2.24) is 4.98 Å². The maximum Gasteiger partial charge on any atom is 0.0557 e. The fourth-order valence-electron chi connectivity index (χ4n) is 1.88. The molecule has 1 atom stereocenters. The fourth-order valence-corrected chi connectivity index (χ4v) is 1.88. The van der Waals surface area contributed by atoms with E-state index in [4.69, 9.17) is 0 Å². The van der Waals surface area contributed by atoms with E-state index in [1.54, 1.807) is 6.20 Å². The zero-order valence-corrected chi connectivity index (χ0v) is 8.26. The van der Waals surface area contributed by atoms with Gasteiger partial charge in [-0.05, 0) is 31.4 Å². The molecule has 1 saturated heterocycles. The van der Waals surface area contributed by atoms with Gasteiger partial charge in [0, 0.05) is 19.3 Å². The van der Waals surface area contributed by atoms with Gasteiger partial charge in [-0.1, -0.05) is 0 Å². The predicted molar refractivity (Wildman–Crippen MR) is 56.3 cm³/mol. The summed E-state index contributed by atoms with van der Waals surface area (Å²) in [5, 5.41) is 9.51. The normalized spacial score (nSPS) is 23.2. The van der Waals surface area contributed by atoms with Crippen molar-refractivity contribution in [2.45, 2.75) is 25.4 Å². The molecule has 0 aromatic carbocycles. The average molecular weight is 192 g/mol. The van der Waals surface area contributed by atoms with E-state index >= 15 is 0 Å². The molecule has 76 valence electrons. The van der Waals surface area contributed by atoms with Crippen LogP contribution >= 0.6 is 0 Å². The van der Waals surface area contributed by atoms with Gasteiger partial charge in [0.25, 0.3) is 0 Å². The molecular formula is C11H16N2O. The summed E-state index contributed by atoms with van der Waals surface area (Å²) in [5.74, 6) is 0. The Balaban J connectivity index is 2.04. The van der Waals surface area contributed by atoms with Crippen LogP contribution in [0.1, 0.15) is 19.3 Å². The van der Waals surface area contributed by atoms with E-state index in [9.17, 15) is 5.11 Å². The van der Waals surface area contributed by atoms with Crippen LogP contribution in [0.4, 0.5) is 5.69 Å². The Labute approximate surface area is 84.4 Å². The molecule has 0 saturated carbocycles. The number of nitrogens with zero attached hydrogens (tertiary/aromatic N) is 2. The molecule has 2 heterocycles. The summed E-state index contributed by atoms with van der Waals surface area (Å²) < 4.78 is 0. The Hall–Kier alpha value is -1.09. The second-order valence-corrected chi connectivity index (χ2v) is 3.78. The van der Waals surface area contributed by atoms with Crippen LogP contribution in [0, 0.1) is 0 Å². The largest absolute Gasteiger partial charge is 0.393 e. The topological polar surface area (TPSA) is 36.4 Å². The third kappa shape index (κ3) is 2.23. The van der Waals surface area contributed by atoms with Crippen LogP contribution in [0.15, 0.2) is 24.5 Å². The highest BCUT2D eigenvalue weighted by Crippen LogP contribution is 2.17. The molecule has 2 rings (SSSR count). The van der Waals surface area contributed by atoms with E-state index in [0.717, 1.165) is 32.4 Å². The van der Waals surface area contributed by atoms with Gasteiger partial charge in [-0.15, -0.1) is 0 Å². The number of rotatable bonds is 1. The summed E-state index contributed by atoms with van der Waals surface area (Å²) >= 11 is 0. The van der Waals surface area contributed by atoms with Crippen molar-refractivity contribution in [3.05, 3.63) is 24.5 Å². The van der Waals surface area contributed by atoms with Crippen molar-refractivity contribution >= 4 is 5.69 Å².